The van der Waals surface area contributed by atoms with Gasteiger partial charge < -0.3 is 0 Å². The first kappa shape index (κ1) is 10.6. The maximum absolute atomic E-state index is 8.86. The van der Waals surface area contributed by atoms with E-state index in [1.165, 1.54) is 0 Å². The molecule has 1 aromatic carbocycles. The fraction of sp³-hybridized carbons (Fsp3) is 0.250. The van der Waals surface area contributed by atoms with Crippen LogP contribution in [0, 0.1) is 30.1 Å². The van der Waals surface area contributed by atoms with Crippen LogP contribution < -0.4 is 0 Å². The lowest BCUT2D eigenvalue weighted by Crippen LogP contribution is -1.84. The van der Waals surface area contributed by atoms with E-state index >= 15 is 0 Å². The minimum Gasteiger partial charge on any atom is -0.192 e. The van der Waals surface area contributed by atoms with Crippen LogP contribution in [0.3, 0.4) is 0 Å². The summed E-state index contributed by atoms with van der Waals surface area (Å²) in [5.41, 5.74) is 2.49. The minimum atomic E-state index is 0.529. The van der Waals surface area contributed by atoms with Crippen LogP contribution in [0.15, 0.2) is 18.2 Å². The molecule has 0 spiro atoms. The molecule has 0 fully saturated rings. The SMILES string of the molecule is Cc1ccc(C#CCCCl)c(C#N)c1. The number of nitrogens with zero attached hydrogens (tertiary/aromatic N) is 1. The van der Waals surface area contributed by atoms with Crippen molar-refractivity contribution in [3.05, 3.63) is 34.9 Å². The van der Waals surface area contributed by atoms with E-state index in [1.807, 2.05) is 25.1 Å². The summed E-state index contributed by atoms with van der Waals surface area (Å²) in [6, 6.07) is 7.79. The van der Waals surface area contributed by atoms with Crippen LogP contribution in [0.2, 0.25) is 0 Å². The second-order valence-corrected chi connectivity index (χ2v) is 3.28. The number of halogens is 1. The third-order valence-corrected chi connectivity index (χ3v) is 1.93. The Morgan fingerprint density at radius 2 is 2.14 bits per heavy atom. The van der Waals surface area contributed by atoms with Crippen molar-refractivity contribution in [2.24, 2.45) is 0 Å². The molecule has 0 unspecified atom stereocenters. The van der Waals surface area contributed by atoms with Crippen LogP contribution in [0.25, 0.3) is 0 Å². The van der Waals surface area contributed by atoms with Gasteiger partial charge in [-0.05, 0) is 24.6 Å². The third kappa shape index (κ3) is 2.80. The lowest BCUT2D eigenvalue weighted by molar-refractivity contribution is 1.29. The highest BCUT2D eigenvalue weighted by atomic mass is 35.5. The molecule has 0 saturated heterocycles. The van der Waals surface area contributed by atoms with Crippen molar-refractivity contribution in [2.75, 3.05) is 5.88 Å². The molecular formula is C12H10ClN. The van der Waals surface area contributed by atoms with E-state index in [1.54, 1.807) is 0 Å². The largest absolute Gasteiger partial charge is 0.192 e. The van der Waals surface area contributed by atoms with Crippen molar-refractivity contribution in [1.82, 2.24) is 0 Å². The molecule has 0 amide bonds. The fourth-order valence-corrected chi connectivity index (χ4v) is 1.16. The number of hydrogen-bond donors (Lipinski definition) is 0. The highest BCUT2D eigenvalue weighted by Gasteiger charge is 1.97. The summed E-state index contributed by atoms with van der Waals surface area (Å²) in [6.07, 6.45) is 0.653. The van der Waals surface area contributed by atoms with Gasteiger partial charge in [-0.2, -0.15) is 5.26 Å². The van der Waals surface area contributed by atoms with E-state index in [4.69, 9.17) is 16.9 Å². The van der Waals surface area contributed by atoms with Gasteiger partial charge in [0.25, 0.3) is 0 Å². The van der Waals surface area contributed by atoms with Crippen molar-refractivity contribution >= 4 is 11.6 Å². The molecule has 0 aromatic heterocycles. The van der Waals surface area contributed by atoms with E-state index in [9.17, 15) is 0 Å². The van der Waals surface area contributed by atoms with Crippen LogP contribution in [-0.4, -0.2) is 5.88 Å². The molecule has 14 heavy (non-hydrogen) atoms. The molecule has 0 N–H and O–H groups in total. The molecule has 0 bridgehead atoms. The Balaban J connectivity index is 3.00. The van der Waals surface area contributed by atoms with Gasteiger partial charge in [-0.25, -0.2) is 0 Å². The van der Waals surface area contributed by atoms with Crippen LogP contribution in [-0.2, 0) is 0 Å². The second-order valence-electron chi connectivity index (χ2n) is 2.90. The predicted octanol–water partition coefficient (Wildman–Crippen LogP) is 2.85. The molecule has 0 aliphatic heterocycles. The highest BCUT2D eigenvalue weighted by molar-refractivity contribution is 6.18. The van der Waals surface area contributed by atoms with Crippen molar-refractivity contribution in [3.63, 3.8) is 0 Å². The Bertz CT molecular complexity index is 418. The topological polar surface area (TPSA) is 23.8 Å². The zero-order valence-corrected chi connectivity index (χ0v) is 8.73. The van der Waals surface area contributed by atoms with E-state index in [2.05, 4.69) is 17.9 Å². The summed E-state index contributed by atoms with van der Waals surface area (Å²) in [5.74, 6) is 6.38. The van der Waals surface area contributed by atoms with E-state index in [0.29, 0.717) is 17.9 Å². The maximum atomic E-state index is 8.86. The summed E-state index contributed by atoms with van der Waals surface area (Å²) < 4.78 is 0. The first-order chi connectivity index (χ1) is 6.77. The third-order valence-electron chi connectivity index (χ3n) is 1.74. The van der Waals surface area contributed by atoms with Gasteiger partial charge in [0.2, 0.25) is 0 Å². The normalized spacial score (nSPS) is 8.64. The van der Waals surface area contributed by atoms with Crippen LogP contribution >= 0.6 is 11.6 Å². The summed E-state index contributed by atoms with van der Waals surface area (Å²) in [4.78, 5) is 0. The van der Waals surface area contributed by atoms with Crippen LogP contribution in [0.4, 0.5) is 0 Å². The molecule has 0 aliphatic carbocycles. The van der Waals surface area contributed by atoms with Gasteiger partial charge in [-0.3, -0.25) is 0 Å². The van der Waals surface area contributed by atoms with Crippen molar-refractivity contribution < 1.29 is 0 Å². The Labute approximate surface area is 89.3 Å². The number of hydrogen-bond acceptors (Lipinski definition) is 1. The zero-order chi connectivity index (χ0) is 10.4. The van der Waals surface area contributed by atoms with Crippen LogP contribution in [0.5, 0.6) is 0 Å². The Hall–Kier alpha value is -1.44. The summed E-state index contributed by atoms with van der Waals surface area (Å²) in [5, 5.41) is 8.86. The summed E-state index contributed by atoms with van der Waals surface area (Å²) in [6.45, 7) is 1.96. The molecular weight excluding hydrogens is 194 g/mol. The monoisotopic (exact) mass is 203 g/mol. The van der Waals surface area contributed by atoms with Gasteiger partial charge >= 0.3 is 0 Å². The average molecular weight is 204 g/mol. The van der Waals surface area contributed by atoms with Gasteiger partial charge in [0, 0.05) is 17.9 Å². The molecule has 0 aliphatic rings. The number of rotatable bonds is 1. The maximum Gasteiger partial charge on any atom is 0.100 e. The number of nitriles is 1. The minimum absolute atomic E-state index is 0.529. The zero-order valence-electron chi connectivity index (χ0n) is 7.97. The fourth-order valence-electron chi connectivity index (χ4n) is 1.06. The average Bonchev–Trinajstić information content (AvgIpc) is 2.20. The second kappa shape index (κ2) is 5.32. The summed E-state index contributed by atoms with van der Waals surface area (Å²) in [7, 11) is 0. The molecule has 1 rings (SSSR count). The van der Waals surface area contributed by atoms with Crippen molar-refractivity contribution in [3.8, 4) is 17.9 Å². The lowest BCUT2D eigenvalue weighted by Gasteiger charge is -1.96. The van der Waals surface area contributed by atoms with Crippen molar-refractivity contribution in [2.45, 2.75) is 13.3 Å². The van der Waals surface area contributed by atoms with Crippen LogP contribution in [0.1, 0.15) is 23.1 Å². The number of benzene rings is 1. The number of alkyl halides is 1. The smallest absolute Gasteiger partial charge is 0.100 e. The molecule has 1 nitrogen and oxygen atoms in total. The predicted molar refractivity (Wildman–Crippen MR) is 58.1 cm³/mol. The molecule has 1 aromatic rings. The van der Waals surface area contributed by atoms with E-state index in [-0.39, 0.29) is 0 Å². The van der Waals surface area contributed by atoms with E-state index in [0.717, 1.165) is 11.1 Å². The summed E-state index contributed by atoms with van der Waals surface area (Å²) >= 11 is 5.50. The van der Waals surface area contributed by atoms with Gasteiger partial charge in [0.1, 0.15) is 6.07 Å². The lowest BCUT2D eigenvalue weighted by atomic mass is 10.1. The van der Waals surface area contributed by atoms with Gasteiger partial charge in [-0.1, -0.05) is 17.9 Å². The molecule has 0 atom stereocenters. The van der Waals surface area contributed by atoms with Gasteiger partial charge in [0.05, 0.1) is 5.56 Å². The van der Waals surface area contributed by atoms with Gasteiger partial charge in [0.15, 0.2) is 0 Å². The molecule has 0 heterocycles. The Morgan fingerprint density at radius 3 is 2.79 bits per heavy atom. The molecule has 0 radical (unpaired) electrons. The van der Waals surface area contributed by atoms with Crippen molar-refractivity contribution in [1.29, 1.82) is 5.26 Å². The molecule has 2 heteroatoms. The molecule has 0 saturated carbocycles. The quantitative estimate of drug-likeness (QED) is 0.509. The Morgan fingerprint density at radius 1 is 1.36 bits per heavy atom. The Kier molecular flexibility index (Phi) is 4.05. The first-order valence-corrected chi connectivity index (χ1v) is 4.87. The highest BCUT2D eigenvalue weighted by Crippen LogP contribution is 2.09. The van der Waals surface area contributed by atoms with E-state index < -0.39 is 0 Å². The van der Waals surface area contributed by atoms with Gasteiger partial charge in [-0.15, -0.1) is 11.6 Å². The molecule has 70 valence electrons. The number of aryl methyl sites for hydroxylation is 1. The standard InChI is InChI=1S/C12H10ClN/c1-10-5-6-11(4-2-3-7-13)12(8-10)9-14/h5-6,8H,3,7H2,1H3. The first-order valence-electron chi connectivity index (χ1n) is 4.33.